The van der Waals surface area contributed by atoms with E-state index < -0.39 is 0 Å². The van der Waals surface area contributed by atoms with E-state index in [1.165, 1.54) is 0 Å². The predicted molar refractivity (Wildman–Crippen MR) is 145 cm³/mol. The summed E-state index contributed by atoms with van der Waals surface area (Å²) in [4.78, 5) is 32.7. The highest BCUT2D eigenvalue weighted by atomic mass is 35.5. The number of ether oxygens (including phenoxy) is 1. The fourth-order valence-electron chi connectivity index (χ4n) is 4.03. The molecule has 3 aromatic carbocycles. The Labute approximate surface area is 224 Å². The Hall–Kier alpha value is -3.81. The average Bonchev–Trinajstić information content (AvgIpc) is 3.67. The summed E-state index contributed by atoms with van der Waals surface area (Å²) in [6.45, 7) is -0.111. The lowest BCUT2D eigenvalue weighted by atomic mass is 10.2. The molecule has 0 spiro atoms. The van der Waals surface area contributed by atoms with Crippen molar-refractivity contribution in [2.75, 3.05) is 19.0 Å². The molecule has 9 heteroatoms. The van der Waals surface area contributed by atoms with Crippen LogP contribution in [0, 0.1) is 0 Å². The zero-order valence-corrected chi connectivity index (χ0v) is 21.5. The Morgan fingerprint density at radius 2 is 1.73 bits per heavy atom. The van der Waals surface area contributed by atoms with E-state index in [-0.39, 0.29) is 24.4 Å². The number of amides is 2. The standard InChI is InChI=1S/C28H24Cl2N4O3/c1-37-22-14-12-21(13-15-22)34-16-25(18-6-8-19(29)9-7-18)31-28(34)32-26(35)17-33(20-10-11-20)27(36)23-4-2-3-5-24(23)30/h2-9,12-16,20H,10-11,17H2,1H3,(H,31,32,35). The van der Waals surface area contributed by atoms with Crippen molar-refractivity contribution in [3.05, 3.63) is 94.6 Å². The van der Waals surface area contributed by atoms with Crippen LogP contribution in [0.15, 0.2) is 79.0 Å². The number of halogens is 2. The van der Waals surface area contributed by atoms with Gasteiger partial charge in [-0.3, -0.25) is 19.5 Å². The van der Waals surface area contributed by atoms with Gasteiger partial charge in [0.2, 0.25) is 11.9 Å². The SMILES string of the molecule is COc1ccc(-n2cc(-c3ccc(Cl)cc3)nc2NC(=O)CN(C(=O)c2ccccc2Cl)C2CC2)cc1. The van der Waals surface area contributed by atoms with E-state index in [1.54, 1.807) is 53.0 Å². The molecular weight excluding hydrogens is 511 g/mol. The molecule has 1 aliphatic carbocycles. The number of carbonyl (C=O) groups excluding carboxylic acids is 2. The number of nitrogens with one attached hydrogen (secondary N) is 1. The minimum Gasteiger partial charge on any atom is -0.497 e. The van der Waals surface area contributed by atoms with Gasteiger partial charge in [-0.1, -0.05) is 47.5 Å². The maximum atomic E-state index is 13.2. The van der Waals surface area contributed by atoms with Gasteiger partial charge in [0.15, 0.2) is 0 Å². The summed E-state index contributed by atoms with van der Waals surface area (Å²) in [5.41, 5.74) is 2.68. The van der Waals surface area contributed by atoms with Gasteiger partial charge in [-0.2, -0.15) is 0 Å². The molecule has 2 amide bonds. The van der Waals surface area contributed by atoms with Crippen LogP contribution < -0.4 is 10.1 Å². The molecule has 1 saturated carbocycles. The van der Waals surface area contributed by atoms with Crippen molar-refractivity contribution in [3.63, 3.8) is 0 Å². The number of benzene rings is 3. The third-order valence-corrected chi connectivity index (χ3v) is 6.70. The monoisotopic (exact) mass is 534 g/mol. The number of carbonyl (C=O) groups is 2. The van der Waals surface area contributed by atoms with Gasteiger partial charge in [0.05, 0.1) is 23.4 Å². The van der Waals surface area contributed by atoms with Crippen LogP contribution in [0.1, 0.15) is 23.2 Å². The van der Waals surface area contributed by atoms with E-state index in [2.05, 4.69) is 10.3 Å². The van der Waals surface area contributed by atoms with Crippen molar-refractivity contribution in [1.82, 2.24) is 14.5 Å². The van der Waals surface area contributed by atoms with E-state index in [4.69, 9.17) is 27.9 Å². The van der Waals surface area contributed by atoms with Crippen molar-refractivity contribution in [1.29, 1.82) is 0 Å². The molecule has 188 valence electrons. The second-order valence-electron chi connectivity index (χ2n) is 8.72. The quantitative estimate of drug-likeness (QED) is 0.296. The van der Waals surface area contributed by atoms with Gasteiger partial charge >= 0.3 is 0 Å². The molecule has 5 rings (SSSR count). The topological polar surface area (TPSA) is 76.5 Å². The molecule has 0 aliphatic heterocycles. The highest BCUT2D eigenvalue weighted by Crippen LogP contribution is 2.30. The highest BCUT2D eigenvalue weighted by Gasteiger charge is 2.35. The predicted octanol–water partition coefficient (Wildman–Crippen LogP) is 6.10. The molecule has 0 atom stereocenters. The number of hydrogen-bond acceptors (Lipinski definition) is 4. The van der Waals surface area contributed by atoms with E-state index >= 15 is 0 Å². The molecular formula is C28H24Cl2N4O3. The van der Waals surface area contributed by atoms with Crippen LogP contribution in [-0.2, 0) is 4.79 Å². The Balaban J connectivity index is 1.42. The van der Waals surface area contributed by atoms with Gasteiger partial charge in [0.25, 0.3) is 5.91 Å². The number of nitrogens with zero attached hydrogens (tertiary/aromatic N) is 3. The molecule has 1 aromatic heterocycles. The largest absolute Gasteiger partial charge is 0.497 e. The Bertz CT molecular complexity index is 1430. The van der Waals surface area contributed by atoms with E-state index in [9.17, 15) is 9.59 Å². The van der Waals surface area contributed by atoms with Crippen LogP contribution in [-0.4, -0.2) is 46.0 Å². The average molecular weight is 535 g/mol. The van der Waals surface area contributed by atoms with Crippen molar-refractivity contribution in [2.45, 2.75) is 18.9 Å². The normalized spacial score (nSPS) is 12.7. The lowest BCUT2D eigenvalue weighted by molar-refractivity contribution is -0.117. The van der Waals surface area contributed by atoms with Crippen LogP contribution in [0.25, 0.3) is 16.9 Å². The second-order valence-corrected chi connectivity index (χ2v) is 9.56. The van der Waals surface area contributed by atoms with Gasteiger partial charge in [-0.15, -0.1) is 0 Å². The molecule has 1 fully saturated rings. The number of methoxy groups -OCH3 is 1. The Morgan fingerprint density at radius 3 is 2.38 bits per heavy atom. The van der Waals surface area contributed by atoms with E-state index in [0.717, 1.165) is 24.1 Å². The fraction of sp³-hybridized carbons (Fsp3) is 0.179. The van der Waals surface area contributed by atoms with Crippen LogP contribution in [0.4, 0.5) is 5.95 Å². The maximum absolute atomic E-state index is 13.2. The van der Waals surface area contributed by atoms with Crippen LogP contribution in [0.3, 0.4) is 0 Å². The zero-order valence-electron chi connectivity index (χ0n) is 20.0. The molecule has 0 bridgehead atoms. The van der Waals surface area contributed by atoms with Crippen molar-refractivity contribution < 1.29 is 14.3 Å². The van der Waals surface area contributed by atoms with Gasteiger partial charge < -0.3 is 9.64 Å². The smallest absolute Gasteiger partial charge is 0.256 e. The maximum Gasteiger partial charge on any atom is 0.256 e. The summed E-state index contributed by atoms with van der Waals surface area (Å²) in [6.07, 6.45) is 3.55. The molecule has 1 aliphatic rings. The zero-order chi connectivity index (χ0) is 25.9. The number of anilines is 1. The number of imidazole rings is 1. The van der Waals surface area contributed by atoms with Crippen molar-refractivity contribution >= 4 is 41.0 Å². The van der Waals surface area contributed by atoms with Crippen LogP contribution >= 0.6 is 23.2 Å². The highest BCUT2D eigenvalue weighted by molar-refractivity contribution is 6.33. The summed E-state index contributed by atoms with van der Waals surface area (Å²) in [7, 11) is 1.60. The Kier molecular flexibility index (Phi) is 7.17. The molecule has 4 aromatic rings. The summed E-state index contributed by atoms with van der Waals surface area (Å²) in [5, 5.41) is 3.88. The molecule has 7 nitrogen and oxygen atoms in total. The molecule has 0 radical (unpaired) electrons. The third kappa shape index (κ3) is 5.63. The molecule has 37 heavy (non-hydrogen) atoms. The molecule has 0 unspecified atom stereocenters. The van der Waals surface area contributed by atoms with Crippen molar-refractivity contribution in [3.8, 4) is 22.7 Å². The number of aromatic nitrogens is 2. The first kappa shape index (κ1) is 24.9. The number of rotatable bonds is 8. The second kappa shape index (κ2) is 10.7. The first-order valence-corrected chi connectivity index (χ1v) is 12.5. The number of hydrogen-bond donors (Lipinski definition) is 1. The van der Waals surface area contributed by atoms with Crippen LogP contribution in [0.2, 0.25) is 10.0 Å². The van der Waals surface area contributed by atoms with E-state index in [1.807, 2.05) is 42.6 Å². The lowest BCUT2D eigenvalue weighted by Crippen LogP contribution is -2.40. The van der Waals surface area contributed by atoms with Crippen LogP contribution in [0.5, 0.6) is 5.75 Å². The summed E-state index contributed by atoms with van der Waals surface area (Å²) in [5.74, 6) is 0.436. The first-order valence-electron chi connectivity index (χ1n) is 11.8. The summed E-state index contributed by atoms with van der Waals surface area (Å²) >= 11 is 12.3. The van der Waals surface area contributed by atoms with Gasteiger partial charge in [0.1, 0.15) is 12.3 Å². The Morgan fingerprint density at radius 1 is 1.03 bits per heavy atom. The van der Waals surface area contributed by atoms with Gasteiger partial charge in [-0.25, -0.2) is 4.98 Å². The fourth-order valence-corrected chi connectivity index (χ4v) is 4.37. The lowest BCUT2D eigenvalue weighted by Gasteiger charge is -2.22. The summed E-state index contributed by atoms with van der Waals surface area (Å²) in [6, 6.07) is 21.6. The van der Waals surface area contributed by atoms with E-state index in [0.29, 0.717) is 33.0 Å². The van der Waals surface area contributed by atoms with Gasteiger partial charge in [0, 0.05) is 28.5 Å². The minimum absolute atomic E-state index is 0.0143. The van der Waals surface area contributed by atoms with Crippen molar-refractivity contribution in [2.24, 2.45) is 0 Å². The molecule has 0 saturated heterocycles. The molecule has 1 N–H and O–H groups in total. The first-order chi connectivity index (χ1) is 17.9. The van der Waals surface area contributed by atoms with Gasteiger partial charge in [-0.05, 0) is 61.4 Å². The molecule has 1 heterocycles. The summed E-state index contributed by atoms with van der Waals surface area (Å²) < 4.78 is 7.06. The third-order valence-electron chi connectivity index (χ3n) is 6.11. The minimum atomic E-state index is -0.352.